The number of hydrogen-bond donors (Lipinski definition) is 1. The van der Waals surface area contributed by atoms with Crippen LogP contribution in [0.4, 0.5) is 4.39 Å². The van der Waals surface area contributed by atoms with Gasteiger partial charge in [-0.15, -0.1) is 0 Å². The molecule has 28 heavy (non-hydrogen) atoms. The second kappa shape index (κ2) is 8.93. The highest BCUT2D eigenvalue weighted by molar-refractivity contribution is 6.31. The van der Waals surface area contributed by atoms with Crippen LogP contribution in [-0.4, -0.2) is 6.04 Å². The highest BCUT2D eigenvalue weighted by Crippen LogP contribution is 2.30. The molecule has 0 spiro atoms. The van der Waals surface area contributed by atoms with E-state index in [2.05, 4.69) is 23.5 Å². The second-order valence-corrected chi connectivity index (χ2v) is 7.88. The van der Waals surface area contributed by atoms with E-state index in [4.69, 9.17) is 16.3 Å². The van der Waals surface area contributed by atoms with Crippen molar-refractivity contribution in [3.8, 4) is 5.75 Å². The molecule has 0 amide bonds. The second-order valence-electron chi connectivity index (χ2n) is 7.47. The van der Waals surface area contributed by atoms with Crippen LogP contribution in [0.1, 0.15) is 43.2 Å². The summed E-state index contributed by atoms with van der Waals surface area (Å²) in [6, 6.07) is 17.6. The molecule has 1 aliphatic carbocycles. The number of ether oxygens (including phenoxy) is 1. The predicted molar refractivity (Wildman–Crippen MR) is 113 cm³/mol. The number of fused-ring (bicyclic) bond motifs is 1. The minimum atomic E-state index is -0.338. The van der Waals surface area contributed by atoms with E-state index in [1.807, 2.05) is 18.2 Å². The smallest absolute Gasteiger partial charge is 0.131 e. The first-order chi connectivity index (χ1) is 13.7. The Morgan fingerprint density at radius 1 is 0.929 bits per heavy atom. The molecule has 1 aliphatic rings. The SMILES string of the molecule is Fc1cccc(Cl)c1COc1ccc2ccccc2c1CNC1CCCCC1. The molecular weight excluding hydrogens is 373 g/mol. The Kier molecular flexibility index (Phi) is 6.13. The highest BCUT2D eigenvalue weighted by Gasteiger charge is 2.16. The molecule has 0 bridgehead atoms. The van der Waals surface area contributed by atoms with E-state index in [-0.39, 0.29) is 12.4 Å². The fourth-order valence-electron chi connectivity index (χ4n) is 4.01. The van der Waals surface area contributed by atoms with Crippen LogP contribution in [0.25, 0.3) is 10.8 Å². The van der Waals surface area contributed by atoms with Crippen molar-refractivity contribution in [2.24, 2.45) is 0 Å². The molecule has 0 aromatic heterocycles. The first-order valence-corrected chi connectivity index (χ1v) is 10.4. The summed E-state index contributed by atoms with van der Waals surface area (Å²) in [5.41, 5.74) is 1.51. The lowest BCUT2D eigenvalue weighted by atomic mass is 9.95. The zero-order valence-corrected chi connectivity index (χ0v) is 16.6. The number of nitrogens with one attached hydrogen (secondary N) is 1. The van der Waals surface area contributed by atoms with E-state index in [0.29, 0.717) is 16.6 Å². The van der Waals surface area contributed by atoms with Gasteiger partial charge >= 0.3 is 0 Å². The Labute approximate surface area is 170 Å². The summed E-state index contributed by atoms with van der Waals surface area (Å²) >= 11 is 6.16. The van der Waals surface area contributed by atoms with Crippen molar-refractivity contribution in [1.29, 1.82) is 0 Å². The van der Waals surface area contributed by atoms with E-state index in [9.17, 15) is 4.39 Å². The fourth-order valence-corrected chi connectivity index (χ4v) is 4.22. The van der Waals surface area contributed by atoms with Gasteiger partial charge in [0.15, 0.2) is 0 Å². The van der Waals surface area contributed by atoms with Gasteiger partial charge in [0, 0.05) is 23.7 Å². The quantitative estimate of drug-likeness (QED) is 0.503. The Bertz CT molecular complexity index is 932. The minimum Gasteiger partial charge on any atom is -0.488 e. The Morgan fingerprint density at radius 3 is 2.57 bits per heavy atom. The molecule has 1 N–H and O–H groups in total. The van der Waals surface area contributed by atoms with Crippen LogP contribution < -0.4 is 10.1 Å². The normalized spacial score (nSPS) is 15.1. The van der Waals surface area contributed by atoms with E-state index in [0.717, 1.165) is 17.9 Å². The summed E-state index contributed by atoms with van der Waals surface area (Å²) in [6.07, 6.45) is 6.38. The summed E-state index contributed by atoms with van der Waals surface area (Å²) in [6.45, 7) is 0.854. The molecular formula is C24H25ClFNO. The first kappa shape index (κ1) is 19.2. The van der Waals surface area contributed by atoms with Crippen LogP contribution in [0.5, 0.6) is 5.75 Å². The van der Waals surface area contributed by atoms with Gasteiger partial charge in [0.1, 0.15) is 18.2 Å². The topological polar surface area (TPSA) is 21.3 Å². The van der Waals surface area contributed by atoms with Gasteiger partial charge < -0.3 is 10.1 Å². The van der Waals surface area contributed by atoms with Crippen molar-refractivity contribution >= 4 is 22.4 Å². The molecule has 3 aromatic carbocycles. The van der Waals surface area contributed by atoms with Gasteiger partial charge in [0.25, 0.3) is 0 Å². The maximum Gasteiger partial charge on any atom is 0.131 e. The molecule has 1 fully saturated rings. The van der Waals surface area contributed by atoms with Crippen LogP contribution >= 0.6 is 11.6 Å². The first-order valence-electron chi connectivity index (χ1n) is 10.0. The van der Waals surface area contributed by atoms with Crippen molar-refractivity contribution in [1.82, 2.24) is 5.32 Å². The molecule has 2 nitrogen and oxygen atoms in total. The van der Waals surface area contributed by atoms with Crippen LogP contribution in [0.3, 0.4) is 0 Å². The molecule has 3 aromatic rings. The molecule has 0 aliphatic heterocycles. The number of hydrogen-bond acceptors (Lipinski definition) is 2. The average molecular weight is 398 g/mol. The third-order valence-electron chi connectivity index (χ3n) is 5.60. The van der Waals surface area contributed by atoms with Crippen LogP contribution in [0.15, 0.2) is 54.6 Å². The van der Waals surface area contributed by atoms with Crippen LogP contribution in [0, 0.1) is 5.82 Å². The summed E-state index contributed by atoms with van der Waals surface area (Å²) in [7, 11) is 0. The molecule has 0 radical (unpaired) electrons. The molecule has 4 heteroatoms. The zero-order valence-electron chi connectivity index (χ0n) is 15.9. The number of benzene rings is 3. The van der Waals surface area contributed by atoms with E-state index < -0.39 is 0 Å². The zero-order chi connectivity index (χ0) is 19.3. The molecule has 0 atom stereocenters. The van der Waals surface area contributed by atoms with E-state index >= 15 is 0 Å². The largest absolute Gasteiger partial charge is 0.488 e. The number of rotatable bonds is 6. The summed E-state index contributed by atoms with van der Waals surface area (Å²) in [4.78, 5) is 0. The Hall–Kier alpha value is -2.10. The van der Waals surface area contributed by atoms with E-state index in [1.54, 1.807) is 12.1 Å². The minimum absolute atomic E-state index is 0.111. The van der Waals surface area contributed by atoms with Crippen molar-refractivity contribution < 1.29 is 9.13 Å². The Morgan fingerprint density at radius 2 is 1.75 bits per heavy atom. The van der Waals surface area contributed by atoms with Gasteiger partial charge in [-0.05, 0) is 41.8 Å². The molecule has 1 saturated carbocycles. The van der Waals surface area contributed by atoms with Gasteiger partial charge in [-0.2, -0.15) is 0 Å². The summed E-state index contributed by atoms with van der Waals surface area (Å²) < 4.78 is 20.2. The monoisotopic (exact) mass is 397 g/mol. The lowest BCUT2D eigenvalue weighted by Gasteiger charge is -2.24. The predicted octanol–water partition coefficient (Wildman–Crippen LogP) is 6.63. The third kappa shape index (κ3) is 4.31. The molecule has 146 valence electrons. The lowest BCUT2D eigenvalue weighted by Crippen LogP contribution is -2.30. The molecule has 0 unspecified atom stereocenters. The van der Waals surface area contributed by atoms with Gasteiger partial charge in [0.05, 0.1) is 5.02 Å². The van der Waals surface area contributed by atoms with Crippen molar-refractivity contribution in [3.05, 3.63) is 76.6 Å². The van der Waals surface area contributed by atoms with Crippen LogP contribution in [0.2, 0.25) is 5.02 Å². The third-order valence-corrected chi connectivity index (χ3v) is 5.96. The van der Waals surface area contributed by atoms with Crippen LogP contribution in [-0.2, 0) is 13.2 Å². The van der Waals surface area contributed by atoms with Gasteiger partial charge in [-0.3, -0.25) is 0 Å². The molecule has 0 saturated heterocycles. The fraction of sp³-hybridized carbons (Fsp3) is 0.333. The van der Waals surface area contributed by atoms with Crippen molar-refractivity contribution in [3.63, 3.8) is 0 Å². The van der Waals surface area contributed by atoms with E-state index in [1.165, 1.54) is 48.9 Å². The Balaban J connectivity index is 1.59. The number of halogens is 2. The standard InChI is InChI=1S/C24H25ClFNO/c25-22-11-6-12-23(26)21(22)16-28-24-14-13-17-7-4-5-10-19(17)20(24)15-27-18-8-2-1-3-9-18/h4-7,10-14,18,27H,1-3,8-9,15-16H2. The van der Waals surface area contributed by atoms with Crippen molar-refractivity contribution in [2.45, 2.75) is 51.3 Å². The summed E-state index contributed by atoms with van der Waals surface area (Å²) in [5.74, 6) is 0.441. The van der Waals surface area contributed by atoms with Gasteiger partial charge in [-0.25, -0.2) is 4.39 Å². The molecule has 4 rings (SSSR count). The maximum absolute atomic E-state index is 14.1. The lowest BCUT2D eigenvalue weighted by molar-refractivity contribution is 0.294. The molecule has 0 heterocycles. The van der Waals surface area contributed by atoms with Crippen molar-refractivity contribution in [2.75, 3.05) is 0 Å². The highest BCUT2D eigenvalue weighted by atomic mass is 35.5. The summed E-state index contributed by atoms with van der Waals surface area (Å²) in [5, 5.41) is 6.45. The van der Waals surface area contributed by atoms with Gasteiger partial charge in [0.2, 0.25) is 0 Å². The van der Waals surface area contributed by atoms with Gasteiger partial charge in [-0.1, -0.05) is 67.3 Å². The average Bonchev–Trinajstić information content (AvgIpc) is 2.73. The maximum atomic E-state index is 14.1.